The quantitative estimate of drug-likeness (QED) is 0.326. The van der Waals surface area contributed by atoms with Crippen molar-refractivity contribution in [2.24, 2.45) is 10.2 Å². The minimum absolute atomic E-state index is 0.318. The number of hydrogen-bond acceptors (Lipinski definition) is 2. The molecule has 20 heavy (non-hydrogen) atoms. The molecule has 0 aromatic heterocycles. The number of nitrogens with zero attached hydrogens (tertiary/aromatic N) is 2. The summed E-state index contributed by atoms with van der Waals surface area (Å²) in [6, 6.07) is 13.5. The Hall–Kier alpha value is -0.490. The molecular weight excluding hydrogens is 471 g/mol. The maximum atomic E-state index is 6.06. The fourth-order valence-corrected chi connectivity index (χ4v) is 4.02. The number of benzene rings is 2. The van der Waals surface area contributed by atoms with Crippen LogP contribution in [0.4, 0.5) is 5.69 Å². The van der Waals surface area contributed by atoms with Crippen LogP contribution in [0.5, 0.6) is 0 Å². The molecule has 0 unspecified atom stereocenters. The van der Waals surface area contributed by atoms with Gasteiger partial charge in [-0.2, -0.15) is 0 Å². The second-order valence-corrected chi connectivity index (χ2v) is 6.81. The van der Waals surface area contributed by atoms with Gasteiger partial charge in [0.05, 0.1) is 0 Å². The number of rotatable bonds is 3. The van der Waals surface area contributed by atoms with Crippen molar-refractivity contribution in [1.29, 1.82) is 0 Å². The van der Waals surface area contributed by atoms with E-state index in [1.54, 1.807) is 6.08 Å². The van der Waals surface area contributed by atoms with E-state index in [2.05, 4.69) is 58.0 Å². The van der Waals surface area contributed by atoms with Crippen LogP contribution in [0.25, 0.3) is 6.08 Å². The highest BCUT2D eigenvalue weighted by atomic mass is 79.9. The van der Waals surface area contributed by atoms with Gasteiger partial charge in [-0.3, -0.25) is 0 Å². The zero-order valence-corrected chi connectivity index (χ0v) is 15.5. The Bertz CT molecular complexity index is 646. The molecule has 2 aromatic rings. The van der Waals surface area contributed by atoms with Crippen molar-refractivity contribution in [3.63, 3.8) is 0 Å². The second kappa shape index (κ2) is 7.50. The van der Waals surface area contributed by atoms with Gasteiger partial charge in [0.1, 0.15) is 5.69 Å². The van der Waals surface area contributed by atoms with E-state index < -0.39 is 0 Å². The molecule has 2 rings (SSSR count). The summed E-state index contributed by atoms with van der Waals surface area (Å²) in [7, 11) is 0. The van der Waals surface area contributed by atoms with Crippen LogP contribution in [-0.4, -0.2) is 0 Å². The molecule has 0 saturated carbocycles. The molecule has 0 heterocycles. The Morgan fingerprint density at radius 2 is 1.60 bits per heavy atom. The molecular formula is C14H8Br3ClN2. The third-order valence-electron chi connectivity index (χ3n) is 2.31. The van der Waals surface area contributed by atoms with E-state index in [0.717, 1.165) is 19.0 Å². The zero-order chi connectivity index (χ0) is 14.5. The van der Waals surface area contributed by atoms with Crippen molar-refractivity contribution in [3.8, 4) is 0 Å². The lowest BCUT2D eigenvalue weighted by Crippen LogP contribution is -1.74. The predicted molar refractivity (Wildman–Crippen MR) is 94.3 cm³/mol. The van der Waals surface area contributed by atoms with Gasteiger partial charge in [0, 0.05) is 13.4 Å². The summed E-state index contributed by atoms with van der Waals surface area (Å²) in [5, 5.41) is 8.49. The molecule has 0 atom stereocenters. The van der Waals surface area contributed by atoms with Crippen molar-refractivity contribution in [2.45, 2.75) is 0 Å². The highest BCUT2D eigenvalue weighted by molar-refractivity contribution is 9.11. The molecule has 0 spiro atoms. The summed E-state index contributed by atoms with van der Waals surface area (Å²) < 4.78 is 2.60. The monoisotopic (exact) mass is 476 g/mol. The lowest BCUT2D eigenvalue weighted by Gasteiger charge is -2.01. The van der Waals surface area contributed by atoms with E-state index >= 15 is 0 Å². The van der Waals surface area contributed by atoms with Crippen LogP contribution < -0.4 is 0 Å². The Morgan fingerprint density at radius 3 is 2.20 bits per heavy atom. The number of halogens is 4. The van der Waals surface area contributed by atoms with Gasteiger partial charge in [-0.05, 0) is 55.6 Å². The molecule has 0 fully saturated rings. The maximum absolute atomic E-state index is 6.06. The average molecular weight is 479 g/mol. The highest BCUT2D eigenvalue weighted by Gasteiger charge is 2.06. The molecule has 2 aromatic carbocycles. The zero-order valence-electron chi connectivity index (χ0n) is 10.0. The van der Waals surface area contributed by atoms with Crippen molar-refractivity contribution in [1.82, 2.24) is 0 Å². The van der Waals surface area contributed by atoms with Crippen molar-refractivity contribution < 1.29 is 0 Å². The maximum Gasteiger partial charge on any atom is 0.152 e. The Balaban J connectivity index is 2.24. The van der Waals surface area contributed by atoms with Crippen LogP contribution in [0.15, 0.2) is 71.3 Å². The van der Waals surface area contributed by atoms with Crippen LogP contribution in [0.3, 0.4) is 0 Å². The molecule has 6 heteroatoms. The number of azo groups is 1. The van der Waals surface area contributed by atoms with Crippen LogP contribution >= 0.6 is 59.4 Å². The minimum atomic E-state index is 0.318. The van der Waals surface area contributed by atoms with E-state index in [9.17, 15) is 0 Å². The topological polar surface area (TPSA) is 24.7 Å². The molecule has 0 radical (unpaired) electrons. The van der Waals surface area contributed by atoms with Crippen LogP contribution in [0.1, 0.15) is 5.56 Å². The van der Waals surface area contributed by atoms with Crippen molar-refractivity contribution >= 4 is 71.2 Å². The third-order valence-corrected chi connectivity index (χ3v) is 4.16. The van der Waals surface area contributed by atoms with E-state index in [4.69, 9.17) is 11.6 Å². The van der Waals surface area contributed by atoms with Gasteiger partial charge in [-0.15, -0.1) is 10.2 Å². The van der Waals surface area contributed by atoms with Crippen molar-refractivity contribution in [3.05, 3.63) is 66.6 Å². The van der Waals surface area contributed by atoms with E-state index in [1.165, 1.54) is 0 Å². The lowest BCUT2D eigenvalue weighted by molar-refractivity contribution is 1.20. The van der Waals surface area contributed by atoms with Gasteiger partial charge in [0.25, 0.3) is 0 Å². The van der Waals surface area contributed by atoms with E-state index in [0.29, 0.717) is 10.8 Å². The average Bonchev–Trinajstić information content (AvgIpc) is 2.38. The van der Waals surface area contributed by atoms with Crippen molar-refractivity contribution in [2.75, 3.05) is 0 Å². The van der Waals surface area contributed by atoms with Crippen LogP contribution in [-0.2, 0) is 0 Å². The Kier molecular flexibility index (Phi) is 5.96. The first-order chi connectivity index (χ1) is 9.56. The molecule has 2 nitrogen and oxygen atoms in total. The van der Waals surface area contributed by atoms with Gasteiger partial charge >= 0.3 is 0 Å². The molecule has 0 aliphatic heterocycles. The predicted octanol–water partition coefficient (Wildman–Crippen LogP) is 7.30. The third kappa shape index (κ3) is 4.52. The van der Waals surface area contributed by atoms with E-state index in [1.807, 2.05) is 42.5 Å². The van der Waals surface area contributed by atoms with Gasteiger partial charge in [0.2, 0.25) is 0 Å². The first kappa shape index (κ1) is 15.9. The van der Waals surface area contributed by atoms with Gasteiger partial charge < -0.3 is 0 Å². The molecule has 0 N–H and O–H groups in total. The van der Waals surface area contributed by atoms with Gasteiger partial charge in [-0.25, -0.2) is 0 Å². The molecule has 0 aliphatic carbocycles. The van der Waals surface area contributed by atoms with E-state index in [-0.39, 0.29) is 0 Å². The SMILES string of the molecule is ClC(=Cc1ccccc1)N=Nc1c(Br)cc(Br)cc1Br. The Morgan fingerprint density at radius 1 is 1.00 bits per heavy atom. The highest BCUT2D eigenvalue weighted by Crippen LogP contribution is 2.37. The summed E-state index contributed by atoms with van der Waals surface area (Å²) in [5.74, 6) is 0. The molecule has 0 aliphatic rings. The minimum Gasteiger partial charge on any atom is -0.147 e. The first-order valence-electron chi connectivity index (χ1n) is 5.55. The Labute approximate surface area is 147 Å². The van der Waals surface area contributed by atoms with Gasteiger partial charge in [0.15, 0.2) is 5.16 Å². The normalized spacial score (nSPS) is 12.1. The first-order valence-corrected chi connectivity index (χ1v) is 8.30. The fraction of sp³-hybridized carbons (Fsp3) is 0. The summed E-state index contributed by atoms with van der Waals surface area (Å²) >= 11 is 16.3. The fourth-order valence-electron chi connectivity index (χ4n) is 1.44. The van der Waals surface area contributed by atoms with Gasteiger partial charge in [-0.1, -0.05) is 57.9 Å². The molecule has 0 amide bonds. The molecule has 102 valence electrons. The number of hydrogen-bond donors (Lipinski definition) is 0. The lowest BCUT2D eigenvalue weighted by atomic mass is 10.2. The van der Waals surface area contributed by atoms with Crippen LogP contribution in [0.2, 0.25) is 0 Å². The summed E-state index contributed by atoms with van der Waals surface area (Å²) in [4.78, 5) is 0. The molecule has 0 bridgehead atoms. The summed E-state index contributed by atoms with van der Waals surface area (Å²) in [5.41, 5.74) is 1.66. The largest absolute Gasteiger partial charge is 0.152 e. The van der Waals surface area contributed by atoms with Crippen LogP contribution in [0, 0.1) is 0 Å². The second-order valence-electron chi connectivity index (χ2n) is 3.80. The smallest absolute Gasteiger partial charge is 0.147 e. The molecule has 0 saturated heterocycles. The summed E-state index contributed by atoms with van der Waals surface area (Å²) in [6.45, 7) is 0. The standard InChI is InChI=1S/C14H8Br3ClN2/c15-10-7-11(16)14(12(17)8-10)20-19-13(18)6-9-4-2-1-3-5-9/h1-8H. The summed E-state index contributed by atoms with van der Waals surface area (Å²) in [6.07, 6.45) is 1.76.